The normalized spacial score (nSPS) is 12.6. The summed E-state index contributed by atoms with van der Waals surface area (Å²) >= 11 is -9.64. The fourth-order valence-corrected chi connectivity index (χ4v) is 31.2. The molecule has 22 heavy (non-hydrogen) atoms. The summed E-state index contributed by atoms with van der Waals surface area (Å²) in [6.45, 7) is 0. The van der Waals surface area contributed by atoms with Gasteiger partial charge in [0, 0.05) is 0 Å². The first kappa shape index (κ1) is 26.6. The van der Waals surface area contributed by atoms with E-state index in [-0.39, 0.29) is 0 Å². The molecule has 0 heterocycles. The van der Waals surface area contributed by atoms with Crippen LogP contribution in [0.25, 0.3) is 0 Å². The van der Waals surface area contributed by atoms with Crippen molar-refractivity contribution in [1.82, 2.24) is 0 Å². The van der Waals surface area contributed by atoms with Gasteiger partial charge in [0.15, 0.2) is 0 Å². The van der Waals surface area contributed by atoms with Gasteiger partial charge in [0.05, 0.1) is 0 Å². The number of rotatable bonds is 15. The molecule has 0 bridgehead atoms. The van der Waals surface area contributed by atoms with Gasteiger partial charge in [0.2, 0.25) is 0 Å². The molecule has 0 aromatic carbocycles. The summed E-state index contributed by atoms with van der Waals surface area (Å²) in [6.07, 6.45) is 0. The van der Waals surface area contributed by atoms with E-state index in [0.29, 0.717) is 22.1 Å². The van der Waals surface area contributed by atoms with E-state index >= 15 is 0 Å². The Labute approximate surface area is 177 Å². The quantitative estimate of drug-likeness (QED) is 0.0887. The molecule has 0 amide bonds. The van der Waals surface area contributed by atoms with Gasteiger partial charge >= 0.3 is 181 Å². The van der Waals surface area contributed by atoms with Crippen LogP contribution in [-0.2, 0) is 52.8 Å². The van der Waals surface area contributed by atoms with Gasteiger partial charge in [-0.15, -0.1) is 0 Å². The topological polar surface area (TPSA) is 127 Å². The summed E-state index contributed by atoms with van der Waals surface area (Å²) in [5.41, 5.74) is 0. The Morgan fingerprint density at radius 3 is 0.955 bits per heavy atom. The van der Waals surface area contributed by atoms with Crippen LogP contribution in [0, 0.1) is 0 Å². The van der Waals surface area contributed by atoms with E-state index in [9.17, 15) is 13.6 Å². The second kappa shape index (κ2) is 16.6. The molecule has 8 nitrogen and oxygen atoms in total. The zero-order chi connectivity index (χ0) is 16.9. The Morgan fingerprint density at radius 1 is 0.500 bits per heavy atom. The summed E-state index contributed by atoms with van der Waals surface area (Å²) < 4.78 is 66.2. The molecule has 134 valence electrons. The summed E-state index contributed by atoms with van der Waals surface area (Å²) in [4.78, 5) is 0. The van der Waals surface area contributed by atoms with E-state index in [1.54, 1.807) is 0 Å². The van der Waals surface area contributed by atoms with Gasteiger partial charge < -0.3 is 0 Å². The van der Waals surface area contributed by atoms with Crippen LogP contribution in [0.1, 0.15) is 0 Å². The fourth-order valence-electron chi connectivity index (χ4n) is 0.206. The van der Waals surface area contributed by atoms with Crippen molar-refractivity contribution in [2.24, 2.45) is 0 Å². The first-order chi connectivity index (χ1) is 10.2. The zero-order valence-electron chi connectivity index (χ0n) is 9.06. The fraction of sp³-hybridized carbons (Fsp3) is 0. The third-order valence-corrected chi connectivity index (χ3v) is 27.8. The van der Waals surface area contributed by atoms with E-state index in [4.69, 9.17) is 7.52 Å². The van der Waals surface area contributed by atoms with Gasteiger partial charge in [-0.2, -0.15) is 0 Å². The van der Waals surface area contributed by atoms with E-state index in [1.807, 2.05) is 0 Å². The standard InChI is InChI=1S/2Mo.H2O2S12.2H2O.4O/c;;1-3-5-7-9-11-13-14-12-10-8-6-4-2;;;;;;/h;;1-2H;2*1H2;;;;/q2*+2;;;;;;;/p-4. The molecule has 0 saturated heterocycles. The van der Waals surface area contributed by atoms with E-state index in [1.165, 1.54) is 78.6 Å². The van der Waals surface area contributed by atoms with Crippen molar-refractivity contribution < 1.29 is 60.3 Å². The van der Waals surface area contributed by atoms with Gasteiger partial charge in [-0.05, 0) is 0 Å². The molecule has 0 unspecified atom stereocenters. The van der Waals surface area contributed by atoms with E-state index in [2.05, 4.69) is 5.67 Å². The van der Waals surface area contributed by atoms with Crippen molar-refractivity contribution in [1.29, 1.82) is 0 Å². The third kappa shape index (κ3) is 24.6. The molecule has 22 heteroatoms. The maximum absolute atomic E-state index is 10.3. The molecule has 0 aliphatic rings. The molecular formula is H2Mo2O8S12. The number of hydrogen-bond donors (Lipinski definition) is 2. The Kier molecular flexibility index (Phi) is 20.0. The predicted octanol–water partition coefficient (Wildman–Crippen LogP) is 6.05. The first-order valence-corrected chi connectivity index (χ1v) is 25.6. The minimum absolute atomic E-state index is 0.592. The number of hydrogen-bond acceptors (Lipinski definition) is 18. The molecule has 0 atom stereocenters. The second-order valence-corrected chi connectivity index (χ2v) is 27.1. The summed E-state index contributed by atoms with van der Waals surface area (Å²) in [7, 11) is 13.4. The molecule has 0 spiro atoms. The summed E-state index contributed by atoms with van der Waals surface area (Å²) in [6, 6.07) is 0. The second-order valence-electron chi connectivity index (χ2n) is 1.81. The van der Waals surface area contributed by atoms with Crippen LogP contribution in [0.15, 0.2) is 0 Å². The first-order valence-electron chi connectivity index (χ1n) is 3.53. The van der Waals surface area contributed by atoms with Crippen LogP contribution in [0.5, 0.6) is 0 Å². The molecular weight excluding hydrogens is 705 g/mol. The predicted molar refractivity (Wildman–Crippen MR) is 100 cm³/mol. The van der Waals surface area contributed by atoms with Crippen LogP contribution < -0.4 is 0 Å². The molecule has 0 radical (unpaired) electrons. The van der Waals surface area contributed by atoms with Crippen LogP contribution in [0.4, 0.5) is 0 Å². The average molecular weight is 707 g/mol. The molecule has 0 fully saturated rings. The Morgan fingerprint density at radius 2 is 0.727 bits per heavy atom. The van der Waals surface area contributed by atoms with Crippen molar-refractivity contribution in [3.05, 3.63) is 0 Å². The SMILES string of the molecule is [O]=[Mo](=[O])([OH])[O]SSSSSSSSSSSS[O][Mo](=[O])(=[O])[OH]. The van der Waals surface area contributed by atoms with E-state index < -0.39 is 33.5 Å². The van der Waals surface area contributed by atoms with E-state index in [0.717, 1.165) is 19.7 Å². The molecule has 0 saturated carbocycles. The van der Waals surface area contributed by atoms with Crippen molar-refractivity contribution in [3.8, 4) is 0 Å². The van der Waals surface area contributed by atoms with Crippen LogP contribution in [-0.4, -0.2) is 7.52 Å². The molecule has 0 rings (SSSR count). The summed E-state index contributed by atoms with van der Waals surface area (Å²) in [5, 5.41) is 0. The van der Waals surface area contributed by atoms with Crippen LogP contribution in [0.3, 0.4) is 0 Å². The molecule has 0 aliphatic carbocycles. The molecule has 0 aromatic rings. The Hall–Kier alpha value is 4.62. The third-order valence-electron chi connectivity index (χ3n) is 0.533. The van der Waals surface area contributed by atoms with Crippen molar-refractivity contribution in [3.63, 3.8) is 0 Å². The Balaban J connectivity index is 3.15. The van der Waals surface area contributed by atoms with Crippen LogP contribution in [0.2, 0.25) is 0 Å². The van der Waals surface area contributed by atoms with Crippen molar-refractivity contribution >= 4 is 120 Å². The molecule has 2 N–H and O–H groups in total. The van der Waals surface area contributed by atoms with Gasteiger partial charge in [-0.3, -0.25) is 0 Å². The van der Waals surface area contributed by atoms with Crippen molar-refractivity contribution in [2.75, 3.05) is 0 Å². The molecule has 0 aromatic heterocycles. The zero-order valence-corrected chi connectivity index (χ0v) is 22.9. The van der Waals surface area contributed by atoms with Gasteiger partial charge in [0.1, 0.15) is 0 Å². The maximum atomic E-state index is 10.3. The average Bonchev–Trinajstić information content (AvgIpc) is 2.36. The monoisotopic (exact) mass is 709 g/mol. The Bertz CT molecular complexity index is 414. The minimum atomic E-state index is -5.41. The van der Waals surface area contributed by atoms with Gasteiger partial charge in [-0.1, -0.05) is 0 Å². The summed E-state index contributed by atoms with van der Waals surface area (Å²) in [5.74, 6) is 0. The van der Waals surface area contributed by atoms with Gasteiger partial charge in [0.25, 0.3) is 0 Å². The van der Waals surface area contributed by atoms with Crippen molar-refractivity contribution in [2.45, 2.75) is 0 Å². The van der Waals surface area contributed by atoms with Crippen LogP contribution >= 0.6 is 120 Å². The molecule has 0 aliphatic heterocycles. The van der Waals surface area contributed by atoms with Gasteiger partial charge in [-0.25, -0.2) is 0 Å².